The van der Waals surface area contributed by atoms with E-state index in [1.807, 2.05) is 19.0 Å². The maximum absolute atomic E-state index is 15.0. The summed E-state index contributed by atoms with van der Waals surface area (Å²) >= 11 is 0. The SMILES string of the molecule is CCC(C)N1CCOc2c(F)cc(-c3nc(Nc4ccc(OCCN(C)C)cn4)ncc3F)cc21. The first-order valence-corrected chi connectivity index (χ1v) is 11.6. The van der Waals surface area contributed by atoms with Crippen LogP contribution in [0.3, 0.4) is 0 Å². The Kier molecular flexibility index (Phi) is 7.60. The monoisotopic (exact) mass is 484 g/mol. The third-order valence-electron chi connectivity index (χ3n) is 5.84. The van der Waals surface area contributed by atoms with Crippen molar-refractivity contribution in [2.45, 2.75) is 26.3 Å². The zero-order valence-corrected chi connectivity index (χ0v) is 20.4. The molecule has 0 amide bonds. The summed E-state index contributed by atoms with van der Waals surface area (Å²) in [6.45, 7) is 6.50. The number of ether oxygens (including phenoxy) is 2. The number of fused-ring (bicyclic) bond motifs is 1. The second-order valence-electron chi connectivity index (χ2n) is 8.65. The van der Waals surface area contributed by atoms with Crippen molar-refractivity contribution < 1.29 is 18.3 Å². The van der Waals surface area contributed by atoms with Gasteiger partial charge in [-0.05, 0) is 51.7 Å². The lowest BCUT2D eigenvalue weighted by Gasteiger charge is -2.36. The average molecular weight is 485 g/mol. The summed E-state index contributed by atoms with van der Waals surface area (Å²) in [5.41, 5.74) is 0.891. The summed E-state index contributed by atoms with van der Waals surface area (Å²) in [7, 11) is 3.94. The Hall–Kier alpha value is -3.53. The van der Waals surface area contributed by atoms with Crippen LogP contribution in [0.15, 0.2) is 36.7 Å². The first kappa shape index (κ1) is 24.6. The van der Waals surface area contributed by atoms with Gasteiger partial charge in [-0.15, -0.1) is 0 Å². The van der Waals surface area contributed by atoms with E-state index in [0.717, 1.165) is 19.2 Å². The van der Waals surface area contributed by atoms with E-state index in [0.29, 0.717) is 42.6 Å². The van der Waals surface area contributed by atoms with E-state index in [-0.39, 0.29) is 23.4 Å². The second kappa shape index (κ2) is 10.8. The van der Waals surface area contributed by atoms with E-state index in [4.69, 9.17) is 9.47 Å². The van der Waals surface area contributed by atoms with Gasteiger partial charge in [0.1, 0.15) is 30.5 Å². The van der Waals surface area contributed by atoms with Crippen LogP contribution in [0.1, 0.15) is 20.3 Å². The van der Waals surface area contributed by atoms with E-state index in [1.54, 1.807) is 24.4 Å². The highest BCUT2D eigenvalue weighted by Crippen LogP contribution is 2.39. The molecule has 1 N–H and O–H groups in total. The number of anilines is 3. The molecule has 0 radical (unpaired) electrons. The van der Waals surface area contributed by atoms with Crippen LogP contribution in [-0.4, -0.2) is 66.3 Å². The number of rotatable bonds is 9. The van der Waals surface area contributed by atoms with E-state index in [9.17, 15) is 8.78 Å². The smallest absolute Gasteiger partial charge is 0.229 e. The molecule has 0 spiro atoms. The lowest BCUT2D eigenvalue weighted by molar-refractivity contribution is 0.260. The topological polar surface area (TPSA) is 75.6 Å². The molecule has 3 aromatic rings. The summed E-state index contributed by atoms with van der Waals surface area (Å²) in [4.78, 5) is 16.7. The fourth-order valence-corrected chi connectivity index (χ4v) is 3.75. The number of benzene rings is 1. The maximum atomic E-state index is 15.0. The van der Waals surface area contributed by atoms with Gasteiger partial charge in [0, 0.05) is 18.2 Å². The van der Waals surface area contributed by atoms with E-state index < -0.39 is 11.6 Å². The van der Waals surface area contributed by atoms with Crippen molar-refractivity contribution >= 4 is 17.5 Å². The standard InChI is InChI=1S/C25H30F2N6O2/c1-5-16(2)33-9-11-35-24-19(26)12-17(13-21(24)33)23-20(27)15-29-25(31-23)30-22-7-6-18(14-28-22)34-10-8-32(3)4/h6-7,12-16H,5,8-11H2,1-4H3,(H,28,29,30,31). The maximum Gasteiger partial charge on any atom is 0.229 e. The average Bonchev–Trinajstić information content (AvgIpc) is 2.85. The zero-order chi connectivity index (χ0) is 24.9. The van der Waals surface area contributed by atoms with Crippen molar-refractivity contribution in [1.82, 2.24) is 19.9 Å². The molecule has 3 heterocycles. The Morgan fingerprint density at radius 1 is 1.17 bits per heavy atom. The Morgan fingerprint density at radius 3 is 2.71 bits per heavy atom. The number of nitrogens with one attached hydrogen (secondary N) is 1. The lowest BCUT2D eigenvalue weighted by Crippen LogP contribution is -2.39. The quantitative estimate of drug-likeness (QED) is 0.476. The van der Waals surface area contributed by atoms with Gasteiger partial charge < -0.3 is 24.6 Å². The molecule has 2 aromatic heterocycles. The molecule has 0 fully saturated rings. The third-order valence-corrected chi connectivity index (χ3v) is 5.84. The lowest BCUT2D eigenvalue weighted by atomic mass is 10.1. The Morgan fingerprint density at radius 2 is 2.00 bits per heavy atom. The molecule has 0 saturated heterocycles. The summed E-state index contributed by atoms with van der Waals surface area (Å²) in [5, 5.41) is 2.96. The van der Waals surface area contributed by atoms with Crippen molar-refractivity contribution in [2.24, 2.45) is 0 Å². The molecule has 10 heteroatoms. The molecule has 1 unspecified atom stereocenters. The molecule has 1 atom stereocenters. The molecule has 35 heavy (non-hydrogen) atoms. The number of likely N-dealkylation sites (N-methyl/N-ethyl adjacent to an activating group) is 1. The van der Waals surface area contributed by atoms with Crippen LogP contribution in [-0.2, 0) is 0 Å². The molecule has 0 saturated carbocycles. The van der Waals surface area contributed by atoms with Gasteiger partial charge in [0.15, 0.2) is 17.4 Å². The molecular formula is C25H30F2N6O2. The van der Waals surface area contributed by atoms with Gasteiger partial charge in [0.2, 0.25) is 5.95 Å². The van der Waals surface area contributed by atoms with Crippen molar-refractivity contribution in [3.63, 3.8) is 0 Å². The van der Waals surface area contributed by atoms with Crippen LogP contribution in [0.25, 0.3) is 11.3 Å². The summed E-state index contributed by atoms with van der Waals surface area (Å²) in [6.07, 6.45) is 3.53. The first-order chi connectivity index (χ1) is 16.9. The molecule has 1 aromatic carbocycles. The van der Waals surface area contributed by atoms with E-state index >= 15 is 0 Å². The molecule has 8 nitrogen and oxygen atoms in total. The highest BCUT2D eigenvalue weighted by Gasteiger charge is 2.26. The minimum atomic E-state index is -0.653. The Balaban J connectivity index is 1.57. The minimum Gasteiger partial charge on any atom is -0.491 e. The minimum absolute atomic E-state index is 0.0116. The molecule has 1 aliphatic rings. The van der Waals surface area contributed by atoms with Crippen LogP contribution >= 0.6 is 0 Å². The number of hydrogen-bond acceptors (Lipinski definition) is 8. The van der Waals surface area contributed by atoms with Gasteiger partial charge in [-0.1, -0.05) is 6.92 Å². The molecular weight excluding hydrogens is 454 g/mol. The summed E-state index contributed by atoms with van der Waals surface area (Å²) in [6, 6.07) is 6.64. The Labute approximate surface area is 203 Å². The van der Waals surface area contributed by atoms with Crippen LogP contribution < -0.4 is 19.7 Å². The zero-order valence-electron chi connectivity index (χ0n) is 20.4. The molecule has 0 aliphatic carbocycles. The molecule has 1 aliphatic heterocycles. The van der Waals surface area contributed by atoms with Gasteiger partial charge in [-0.3, -0.25) is 0 Å². The largest absolute Gasteiger partial charge is 0.491 e. The van der Waals surface area contributed by atoms with Gasteiger partial charge in [-0.25, -0.2) is 23.7 Å². The van der Waals surface area contributed by atoms with Gasteiger partial charge in [0.25, 0.3) is 0 Å². The number of pyridine rings is 1. The van der Waals surface area contributed by atoms with Crippen molar-refractivity contribution in [3.05, 3.63) is 48.3 Å². The van der Waals surface area contributed by atoms with Gasteiger partial charge in [0.05, 0.1) is 24.6 Å². The van der Waals surface area contributed by atoms with Crippen LogP contribution in [0.4, 0.5) is 26.2 Å². The van der Waals surface area contributed by atoms with E-state index in [1.165, 1.54) is 6.07 Å². The first-order valence-electron chi connectivity index (χ1n) is 11.6. The van der Waals surface area contributed by atoms with E-state index in [2.05, 4.69) is 39.0 Å². The normalized spacial score (nSPS) is 13.9. The van der Waals surface area contributed by atoms with Crippen LogP contribution in [0.2, 0.25) is 0 Å². The number of aromatic nitrogens is 3. The highest BCUT2D eigenvalue weighted by atomic mass is 19.1. The fourth-order valence-electron chi connectivity index (χ4n) is 3.75. The second-order valence-corrected chi connectivity index (χ2v) is 8.65. The Bertz CT molecular complexity index is 1160. The number of halogens is 2. The van der Waals surface area contributed by atoms with Crippen molar-refractivity contribution in [1.29, 1.82) is 0 Å². The molecule has 0 bridgehead atoms. The van der Waals surface area contributed by atoms with Gasteiger partial charge in [-0.2, -0.15) is 0 Å². The fraction of sp³-hybridized carbons (Fsp3) is 0.400. The summed E-state index contributed by atoms with van der Waals surface area (Å²) < 4.78 is 40.9. The van der Waals surface area contributed by atoms with Crippen molar-refractivity contribution in [3.8, 4) is 22.8 Å². The third kappa shape index (κ3) is 5.76. The highest BCUT2D eigenvalue weighted by molar-refractivity contribution is 5.73. The van der Waals surface area contributed by atoms with Crippen LogP contribution in [0.5, 0.6) is 11.5 Å². The molecule has 186 valence electrons. The van der Waals surface area contributed by atoms with Crippen LogP contribution in [0, 0.1) is 11.6 Å². The predicted molar refractivity (Wildman–Crippen MR) is 132 cm³/mol. The summed E-state index contributed by atoms with van der Waals surface area (Å²) in [5.74, 6) is 0.226. The predicted octanol–water partition coefficient (Wildman–Crippen LogP) is 4.50. The van der Waals surface area contributed by atoms with Gasteiger partial charge >= 0.3 is 0 Å². The number of hydrogen-bond donors (Lipinski definition) is 1. The molecule has 4 rings (SSSR count). The number of nitrogens with zero attached hydrogens (tertiary/aromatic N) is 5. The van der Waals surface area contributed by atoms with Crippen molar-refractivity contribution in [2.75, 3.05) is 50.6 Å².